The molecule has 1 N–H and O–H groups in total. The fourth-order valence-electron chi connectivity index (χ4n) is 0.600. The van der Waals surface area contributed by atoms with Gasteiger partial charge in [-0.15, -0.1) is 0 Å². The van der Waals surface area contributed by atoms with Gasteiger partial charge in [0.1, 0.15) is 0 Å². The van der Waals surface area contributed by atoms with Gasteiger partial charge in [-0.05, 0) is 13.8 Å². The average Bonchev–Trinajstić information content (AvgIpc) is 2.04. The van der Waals surface area contributed by atoms with Crippen LogP contribution in [0.25, 0.3) is 0 Å². The first-order valence-electron chi connectivity index (χ1n) is 3.80. The van der Waals surface area contributed by atoms with E-state index in [9.17, 15) is 9.59 Å². The fourth-order valence-corrected chi connectivity index (χ4v) is 0.600. The van der Waals surface area contributed by atoms with Gasteiger partial charge in [-0.3, -0.25) is 5.32 Å². The van der Waals surface area contributed by atoms with Crippen molar-refractivity contribution in [1.82, 2.24) is 5.32 Å². The van der Waals surface area contributed by atoms with Crippen LogP contribution in [-0.4, -0.2) is 25.8 Å². The zero-order chi connectivity index (χ0) is 10.3. The van der Waals surface area contributed by atoms with E-state index in [-0.39, 0.29) is 6.61 Å². The Bertz CT molecular complexity index is 222. The number of ether oxygens (including phenoxy) is 2. The number of carbonyl (C=O) groups is 2. The Kier molecular flexibility index (Phi) is 5.34. The number of amides is 1. The summed E-state index contributed by atoms with van der Waals surface area (Å²) >= 11 is 0. The molecule has 0 spiro atoms. The van der Waals surface area contributed by atoms with Crippen LogP contribution in [-0.2, 0) is 14.3 Å². The van der Waals surface area contributed by atoms with Gasteiger partial charge in [0.25, 0.3) is 0 Å². The molecule has 0 fully saturated rings. The van der Waals surface area contributed by atoms with E-state index < -0.39 is 12.1 Å². The number of hydrogen-bond acceptors (Lipinski definition) is 4. The van der Waals surface area contributed by atoms with Crippen LogP contribution < -0.4 is 5.32 Å². The lowest BCUT2D eigenvalue weighted by Gasteiger charge is -2.03. The standard InChI is InChI=1S/C8H13NO4/c1-4-13-8(11)9-6(2)5-7(10)12-3/h5H,4H2,1-3H3,(H,9,11). The fraction of sp³-hybridized carbons (Fsp3) is 0.500. The summed E-state index contributed by atoms with van der Waals surface area (Å²) in [6, 6.07) is 0. The average molecular weight is 187 g/mol. The Morgan fingerprint density at radius 2 is 2.08 bits per heavy atom. The highest BCUT2D eigenvalue weighted by Crippen LogP contribution is 1.89. The van der Waals surface area contributed by atoms with E-state index in [0.717, 1.165) is 6.08 Å². The van der Waals surface area contributed by atoms with Crippen LogP contribution in [0.1, 0.15) is 13.8 Å². The van der Waals surface area contributed by atoms with Crippen molar-refractivity contribution >= 4 is 12.1 Å². The first kappa shape index (κ1) is 11.5. The van der Waals surface area contributed by atoms with Crippen molar-refractivity contribution in [2.45, 2.75) is 13.8 Å². The normalized spacial score (nSPS) is 10.5. The minimum absolute atomic E-state index is 0.289. The maximum atomic E-state index is 10.8. The van der Waals surface area contributed by atoms with Crippen molar-refractivity contribution < 1.29 is 19.1 Å². The molecule has 0 bridgehead atoms. The summed E-state index contributed by atoms with van der Waals surface area (Å²) in [6.07, 6.45) is 0.580. The Balaban J connectivity index is 3.98. The Labute approximate surface area is 76.7 Å². The zero-order valence-electron chi connectivity index (χ0n) is 7.92. The molecule has 0 saturated carbocycles. The SMILES string of the molecule is CCOC(=O)NC(C)=CC(=O)OC. The molecule has 0 aromatic carbocycles. The molecule has 0 aliphatic rings. The monoisotopic (exact) mass is 187 g/mol. The van der Waals surface area contributed by atoms with E-state index in [2.05, 4.69) is 14.8 Å². The molecule has 74 valence electrons. The van der Waals surface area contributed by atoms with Gasteiger partial charge in [-0.2, -0.15) is 0 Å². The van der Waals surface area contributed by atoms with Gasteiger partial charge < -0.3 is 9.47 Å². The highest BCUT2D eigenvalue weighted by Gasteiger charge is 2.02. The maximum Gasteiger partial charge on any atom is 0.411 e. The minimum atomic E-state index is -0.583. The van der Waals surface area contributed by atoms with Crippen molar-refractivity contribution in [3.63, 3.8) is 0 Å². The van der Waals surface area contributed by atoms with Crippen LogP contribution in [0.2, 0.25) is 0 Å². The summed E-state index contributed by atoms with van der Waals surface area (Å²) in [4.78, 5) is 21.5. The third-order valence-corrected chi connectivity index (χ3v) is 1.11. The Hall–Kier alpha value is -1.52. The number of rotatable bonds is 3. The van der Waals surface area contributed by atoms with Crippen molar-refractivity contribution in [2.24, 2.45) is 0 Å². The third kappa shape index (κ3) is 5.72. The second-order valence-electron chi connectivity index (χ2n) is 2.20. The van der Waals surface area contributed by atoms with E-state index in [1.54, 1.807) is 13.8 Å². The van der Waals surface area contributed by atoms with Gasteiger partial charge in [-0.25, -0.2) is 9.59 Å². The number of carbonyl (C=O) groups excluding carboxylic acids is 2. The van der Waals surface area contributed by atoms with Gasteiger partial charge in [0.05, 0.1) is 13.7 Å². The summed E-state index contributed by atoms with van der Waals surface area (Å²) in [5, 5.41) is 2.35. The van der Waals surface area contributed by atoms with E-state index in [0.29, 0.717) is 5.70 Å². The highest BCUT2D eigenvalue weighted by molar-refractivity contribution is 5.83. The van der Waals surface area contributed by atoms with Crippen LogP contribution in [0.3, 0.4) is 0 Å². The molecule has 0 aliphatic heterocycles. The molecule has 0 unspecified atom stereocenters. The van der Waals surface area contributed by atoms with E-state index in [1.165, 1.54) is 7.11 Å². The van der Waals surface area contributed by atoms with Gasteiger partial charge in [0, 0.05) is 11.8 Å². The van der Waals surface area contributed by atoms with Crippen LogP contribution >= 0.6 is 0 Å². The van der Waals surface area contributed by atoms with Gasteiger partial charge in [0.15, 0.2) is 0 Å². The predicted molar refractivity (Wildman–Crippen MR) is 45.9 cm³/mol. The lowest BCUT2D eigenvalue weighted by molar-refractivity contribution is -0.134. The van der Waals surface area contributed by atoms with Crippen LogP contribution in [0, 0.1) is 0 Å². The molecule has 5 nitrogen and oxygen atoms in total. The Morgan fingerprint density at radius 1 is 1.46 bits per heavy atom. The molecule has 13 heavy (non-hydrogen) atoms. The summed E-state index contributed by atoms with van der Waals surface area (Å²) in [7, 11) is 1.26. The second-order valence-corrected chi connectivity index (χ2v) is 2.20. The predicted octanol–water partition coefficient (Wildman–Crippen LogP) is 0.809. The van der Waals surface area contributed by atoms with Gasteiger partial charge in [-0.1, -0.05) is 0 Å². The number of esters is 1. The first-order valence-corrected chi connectivity index (χ1v) is 3.80. The van der Waals surface area contributed by atoms with Crippen molar-refractivity contribution in [3.8, 4) is 0 Å². The largest absolute Gasteiger partial charge is 0.466 e. The second kappa shape index (κ2) is 6.05. The van der Waals surface area contributed by atoms with Crippen molar-refractivity contribution in [3.05, 3.63) is 11.8 Å². The molecule has 5 heteroatoms. The smallest absolute Gasteiger partial charge is 0.411 e. The maximum absolute atomic E-state index is 10.8. The molecular formula is C8H13NO4. The topological polar surface area (TPSA) is 64.6 Å². The molecule has 0 saturated heterocycles. The van der Waals surface area contributed by atoms with E-state index in [4.69, 9.17) is 0 Å². The molecule has 1 amide bonds. The minimum Gasteiger partial charge on any atom is -0.466 e. The highest BCUT2D eigenvalue weighted by atomic mass is 16.5. The van der Waals surface area contributed by atoms with Gasteiger partial charge in [0.2, 0.25) is 0 Å². The lowest BCUT2D eigenvalue weighted by atomic mass is 10.4. The number of allylic oxidation sites excluding steroid dienone is 1. The van der Waals surface area contributed by atoms with Crippen LogP contribution in [0.15, 0.2) is 11.8 Å². The molecule has 0 heterocycles. The molecule has 0 aliphatic carbocycles. The molecular weight excluding hydrogens is 174 g/mol. The molecule has 0 aromatic heterocycles. The summed E-state index contributed by atoms with van der Waals surface area (Å²) in [5.41, 5.74) is 0.380. The van der Waals surface area contributed by atoms with Crippen LogP contribution in [0.5, 0.6) is 0 Å². The third-order valence-electron chi connectivity index (χ3n) is 1.11. The van der Waals surface area contributed by atoms with Gasteiger partial charge >= 0.3 is 12.1 Å². The molecule has 0 radical (unpaired) electrons. The van der Waals surface area contributed by atoms with Crippen LogP contribution in [0.4, 0.5) is 4.79 Å². The number of hydrogen-bond donors (Lipinski definition) is 1. The molecule has 0 aromatic rings. The number of methoxy groups -OCH3 is 1. The number of nitrogens with one attached hydrogen (secondary N) is 1. The summed E-state index contributed by atoms with van der Waals surface area (Å²) < 4.78 is 8.94. The van der Waals surface area contributed by atoms with Crippen molar-refractivity contribution in [1.29, 1.82) is 0 Å². The lowest BCUT2D eigenvalue weighted by Crippen LogP contribution is -2.23. The Morgan fingerprint density at radius 3 is 2.54 bits per heavy atom. The quantitative estimate of drug-likeness (QED) is 0.524. The number of alkyl carbamates (subject to hydrolysis) is 1. The summed E-state index contributed by atoms with van der Waals surface area (Å²) in [6.45, 7) is 3.55. The van der Waals surface area contributed by atoms with E-state index >= 15 is 0 Å². The van der Waals surface area contributed by atoms with E-state index in [1.807, 2.05) is 0 Å². The zero-order valence-corrected chi connectivity index (χ0v) is 7.92. The first-order chi connectivity index (χ1) is 6.10. The molecule has 0 rings (SSSR count). The molecule has 0 atom stereocenters. The summed E-state index contributed by atoms with van der Waals surface area (Å²) in [5.74, 6) is -0.519. The van der Waals surface area contributed by atoms with Crippen molar-refractivity contribution in [2.75, 3.05) is 13.7 Å².